The van der Waals surface area contributed by atoms with Gasteiger partial charge in [0.1, 0.15) is 0 Å². The van der Waals surface area contributed by atoms with E-state index >= 15 is 0 Å². The van der Waals surface area contributed by atoms with Gasteiger partial charge in [-0.25, -0.2) is 4.98 Å². The Morgan fingerprint density at radius 3 is 2.95 bits per heavy atom. The van der Waals surface area contributed by atoms with Gasteiger partial charge in [0, 0.05) is 25.5 Å². The lowest BCUT2D eigenvalue weighted by molar-refractivity contribution is -0.131. The van der Waals surface area contributed by atoms with Crippen LogP contribution in [-0.4, -0.2) is 42.1 Å². The van der Waals surface area contributed by atoms with Gasteiger partial charge in [0.05, 0.1) is 29.8 Å². The minimum Gasteiger partial charge on any atom is -0.379 e. The third-order valence-corrected chi connectivity index (χ3v) is 4.87. The highest BCUT2D eigenvalue weighted by Gasteiger charge is 2.24. The summed E-state index contributed by atoms with van der Waals surface area (Å²) in [5.41, 5.74) is 2.11. The number of nitrogens with zero attached hydrogens (tertiary/aromatic N) is 2. The monoisotopic (exact) mass is 316 g/mol. The van der Waals surface area contributed by atoms with E-state index in [1.165, 1.54) is 5.56 Å². The molecule has 1 saturated heterocycles. The zero-order chi connectivity index (χ0) is 15.4. The van der Waals surface area contributed by atoms with Gasteiger partial charge in [-0.1, -0.05) is 30.3 Å². The first-order valence-corrected chi connectivity index (χ1v) is 8.41. The van der Waals surface area contributed by atoms with Crippen LogP contribution in [0.25, 0.3) is 0 Å². The van der Waals surface area contributed by atoms with Crippen molar-refractivity contribution >= 4 is 17.2 Å². The molecule has 1 aliphatic rings. The van der Waals surface area contributed by atoms with Gasteiger partial charge in [0.15, 0.2) is 0 Å². The molecular weight excluding hydrogens is 296 g/mol. The number of thiazole rings is 1. The molecule has 1 aromatic carbocycles. The molecule has 2 heterocycles. The molecule has 0 radical (unpaired) electrons. The standard InChI is InChI=1S/C17H20N2O2S/c1-19(15-7-8-21-11-15)17(20)10-14-12-22-16(18-14)9-13-5-3-2-4-6-13/h2-6,12,15H,7-11H2,1H3/t15-/m1/s1. The van der Waals surface area contributed by atoms with Crippen molar-refractivity contribution in [3.63, 3.8) is 0 Å². The van der Waals surface area contributed by atoms with Crippen LogP contribution in [0.3, 0.4) is 0 Å². The molecule has 3 rings (SSSR count). The predicted molar refractivity (Wildman–Crippen MR) is 87.1 cm³/mol. The van der Waals surface area contributed by atoms with Crippen molar-refractivity contribution in [2.24, 2.45) is 0 Å². The van der Waals surface area contributed by atoms with Crippen LogP contribution in [0.4, 0.5) is 0 Å². The number of rotatable bonds is 5. The highest BCUT2D eigenvalue weighted by atomic mass is 32.1. The van der Waals surface area contributed by atoms with Gasteiger partial charge in [0.2, 0.25) is 5.91 Å². The Balaban J connectivity index is 1.58. The van der Waals surface area contributed by atoms with E-state index in [9.17, 15) is 4.79 Å². The summed E-state index contributed by atoms with van der Waals surface area (Å²) in [5.74, 6) is 0.118. The van der Waals surface area contributed by atoms with Crippen molar-refractivity contribution in [2.75, 3.05) is 20.3 Å². The first-order valence-electron chi connectivity index (χ1n) is 7.53. The molecule has 1 fully saturated rings. The van der Waals surface area contributed by atoms with E-state index in [0.717, 1.165) is 30.2 Å². The Bertz CT molecular complexity index is 621. The van der Waals surface area contributed by atoms with Crippen molar-refractivity contribution in [1.82, 2.24) is 9.88 Å². The van der Waals surface area contributed by atoms with Crippen molar-refractivity contribution in [3.05, 3.63) is 52.0 Å². The number of ether oxygens (including phenoxy) is 1. The number of carbonyl (C=O) groups is 1. The van der Waals surface area contributed by atoms with Crippen LogP contribution in [0.1, 0.15) is 22.7 Å². The molecule has 5 heteroatoms. The van der Waals surface area contributed by atoms with Crippen LogP contribution < -0.4 is 0 Å². The maximum absolute atomic E-state index is 12.3. The zero-order valence-corrected chi connectivity index (χ0v) is 13.5. The molecule has 4 nitrogen and oxygen atoms in total. The average Bonchev–Trinajstić information content (AvgIpc) is 3.19. The quantitative estimate of drug-likeness (QED) is 0.851. The third-order valence-electron chi connectivity index (χ3n) is 3.98. The molecule has 1 atom stereocenters. The maximum Gasteiger partial charge on any atom is 0.228 e. The molecule has 0 spiro atoms. The SMILES string of the molecule is CN(C(=O)Cc1csc(Cc2ccccc2)n1)[C@@H]1CCOC1. The van der Waals surface area contributed by atoms with E-state index in [4.69, 9.17) is 4.74 Å². The van der Waals surface area contributed by atoms with Gasteiger partial charge in [0.25, 0.3) is 0 Å². The molecule has 116 valence electrons. The number of aromatic nitrogens is 1. The molecule has 1 amide bonds. The second-order valence-corrected chi connectivity index (χ2v) is 6.54. The smallest absolute Gasteiger partial charge is 0.228 e. The van der Waals surface area contributed by atoms with Gasteiger partial charge < -0.3 is 9.64 Å². The lowest BCUT2D eigenvalue weighted by Crippen LogP contribution is -2.38. The van der Waals surface area contributed by atoms with E-state index in [-0.39, 0.29) is 11.9 Å². The first-order chi connectivity index (χ1) is 10.7. The molecule has 1 aromatic heterocycles. The summed E-state index contributed by atoms with van der Waals surface area (Å²) in [5, 5.41) is 3.05. The summed E-state index contributed by atoms with van der Waals surface area (Å²) in [6, 6.07) is 10.5. The largest absolute Gasteiger partial charge is 0.379 e. The highest BCUT2D eigenvalue weighted by molar-refractivity contribution is 7.09. The molecule has 0 aliphatic carbocycles. The Kier molecular flexibility index (Phi) is 4.85. The fraction of sp³-hybridized carbons (Fsp3) is 0.412. The van der Waals surface area contributed by atoms with Gasteiger partial charge in [-0.2, -0.15) is 0 Å². The lowest BCUT2D eigenvalue weighted by atomic mass is 10.2. The van der Waals surface area contributed by atoms with Crippen LogP contribution in [0.5, 0.6) is 0 Å². The third kappa shape index (κ3) is 3.72. The van der Waals surface area contributed by atoms with Crippen molar-refractivity contribution in [3.8, 4) is 0 Å². The lowest BCUT2D eigenvalue weighted by Gasteiger charge is -2.22. The molecular formula is C17H20N2O2S. The number of hydrogen-bond acceptors (Lipinski definition) is 4. The van der Waals surface area contributed by atoms with Crippen LogP contribution in [0, 0.1) is 0 Å². The normalized spacial score (nSPS) is 17.6. The Morgan fingerprint density at radius 1 is 1.41 bits per heavy atom. The summed E-state index contributed by atoms with van der Waals surface area (Å²) in [4.78, 5) is 18.7. The number of likely N-dealkylation sites (N-methyl/N-ethyl adjacent to an activating group) is 1. The maximum atomic E-state index is 12.3. The van der Waals surface area contributed by atoms with E-state index < -0.39 is 0 Å². The van der Waals surface area contributed by atoms with E-state index in [2.05, 4.69) is 17.1 Å². The van der Waals surface area contributed by atoms with Gasteiger partial charge >= 0.3 is 0 Å². The van der Waals surface area contributed by atoms with Crippen LogP contribution in [0.15, 0.2) is 35.7 Å². The number of amides is 1. The number of hydrogen-bond donors (Lipinski definition) is 0. The fourth-order valence-corrected chi connectivity index (χ4v) is 3.42. The minimum atomic E-state index is 0.118. The topological polar surface area (TPSA) is 42.4 Å². The second kappa shape index (κ2) is 7.03. The minimum absolute atomic E-state index is 0.118. The number of carbonyl (C=O) groups excluding carboxylic acids is 1. The Labute approximate surface area is 134 Å². The van der Waals surface area contributed by atoms with E-state index in [1.54, 1.807) is 11.3 Å². The van der Waals surface area contributed by atoms with Gasteiger partial charge in [-0.3, -0.25) is 4.79 Å². The zero-order valence-electron chi connectivity index (χ0n) is 12.7. The number of benzene rings is 1. The molecule has 0 N–H and O–H groups in total. The Morgan fingerprint density at radius 2 is 2.23 bits per heavy atom. The van der Waals surface area contributed by atoms with Crippen LogP contribution in [0.2, 0.25) is 0 Å². The van der Waals surface area contributed by atoms with E-state index in [0.29, 0.717) is 13.0 Å². The first kappa shape index (κ1) is 15.2. The van der Waals surface area contributed by atoms with E-state index in [1.807, 2.05) is 35.5 Å². The summed E-state index contributed by atoms with van der Waals surface area (Å²) >= 11 is 1.62. The molecule has 22 heavy (non-hydrogen) atoms. The van der Waals surface area contributed by atoms with Crippen molar-refractivity contribution < 1.29 is 9.53 Å². The fourth-order valence-electron chi connectivity index (χ4n) is 2.59. The molecule has 0 unspecified atom stereocenters. The predicted octanol–water partition coefficient (Wildman–Crippen LogP) is 2.52. The summed E-state index contributed by atoms with van der Waals surface area (Å²) in [7, 11) is 1.86. The highest BCUT2D eigenvalue weighted by Crippen LogP contribution is 2.17. The molecule has 1 aliphatic heterocycles. The Hall–Kier alpha value is -1.72. The summed E-state index contributed by atoms with van der Waals surface area (Å²) in [6.07, 6.45) is 2.13. The van der Waals surface area contributed by atoms with Crippen LogP contribution in [-0.2, 0) is 22.4 Å². The second-order valence-electron chi connectivity index (χ2n) is 5.59. The van der Waals surface area contributed by atoms with Gasteiger partial charge in [-0.05, 0) is 12.0 Å². The van der Waals surface area contributed by atoms with Crippen molar-refractivity contribution in [1.29, 1.82) is 0 Å². The molecule has 0 bridgehead atoms. The molecule has 0 saturated carbocycles. The van der Waals surface area contributed by atoms with Crippen molar-refractivity contribution in [2.45, 2.75) is 25.3 Å². The summed E-state index contributed by atoms with van der Waals surface area (Å²) in [6.45, 7) is 1.40. The van der Waals surface area contributed by atoms with Gasteiger partial charge in [-0.15, -0.1) is 11.3 Å². The molecule has 2 aromatic rings. The average molecular weight is 316 g/mol. The summed E-state index contributed by atoms with van der Waals surface area (Å²) < 4.78 is 5.34. The van der Waals surface area contributed by atoms with Crippen LogP contribution >= 0.6 is 11.3 Å².